The first-order valence-corrected chi connectivity index (χ1v) is 5.66. The van der Waals surface area contributed by atoms with Gasteiger partial charge in [-0.3, -0.25) is 10.1 Å². The van der Waals surface area contributed by atoms with Crippen LogP contribution in [0.15, 0.2) is 24.3 Å². The van der Waals surface area contributed by atoms with Gasteiger partial charge in [0.05, 0.1) is 0 Å². The number of fused-ring (bicyclic) bond motifs is 1. The zero-order chi connectivity index (χ0) is 11.7. The molecule has 1 aromatic carbocycles. The van der Waals surface area contributed by atoms with E-state index in [1.165, 1.54) is 5.56 Å². The molecule has 2 unspecified atom stereocenters. The van der Waals surface area contributed by atoms with Gasteiger partial charge in [0.1, 0.15) is 6.04 Å². The molecule has 0 bridgehead atoms. The fourth-order valence-electron chi connectivity index (χ4n) is 2.32. The van der Waals surface area contributed by atoms with Gasteiger partial charge >= 0.3 is 5.97 Å². The van der Waals surface area contributed by atoms with Gasteiger partial charge in [-0.25, -0.2) is 0 Å². The molecule has 0 spiro atoms. The molecule has 1 aliphatic heterocycles. The summed E-state index contributed by atoms with van der Waals surface area (Å²) in [6.07, 6.45) is 0.578. The molecule has 1 aromatic rings. The van der Waals surface area contributed by atoms with E-state index in [0.29, 0.717) is 12.3 Å². The Morgan fingerprint density at radius 2 is 2.12 bits per heavy atom. The quantitative estimate of drug-likeness (QED) is 0.799. The fraction of sp³-hybridized carbons (Fsp3) is 0.462. The Morgan fingerprint density at radius 3 is 2.75 bits per heavy atom. The summed E-state index contributed by atoms with van der Waals surface area (Å²) in [6.45, 7) is 4.22. The molecule has 0 fully saturated rings. The third-order valence-electron chi connectivity index (χ3n) is 3.16. The van der Waals surface area contributed by atoms with Crippen molar-refractivity contribution in [1.29, 1.82) is 0 Å². The predicted octanol–water partition coefficient (Wildman–Crippen LogP) is 1.98. The number of hydrogen-bond acceptors (Lipinski definition) is 2. The van der Waals surface area contributed by atoms with Crippen LogP contribution in [0.25, 0.3) is 0 Å². The van der Waals surface area contributed by atoms with Crippen LogP contribution in [0.3, 0.4) is 0 Å². The fourth-order valence-corrected chi connectivity index (χ4v) is 2.32. The molecule has 0 saturated heterocycles. The number of carboxylic acids is 1. The van der Waals surface area contributed by atoms with Crippen molar-refractivity contribution < 1.29 is 9.90 Å². The second kappa shape index (κ2) is 4.26. The van der Waals surface area contributed by atoms with E-state index in [1.807, 2.05) is 18.2 Å². The average molecular weight is 219 g/mol. The Balaban J connectivity index is 2.37. The van der Waals surface area contributed by atoms with E-state index in [4.69, 9.17) is 5.11 Å². The molecule has 0 saturated carbocycles. The van der Waals surface area contributed by atoms with Crippen molar-refractivity contribution in [1.82, 2.24) is 5.32 Å². The van der Waals surface area contributed by atoms with Gasteiger partial charge in [-0.2, -0.15) is 0 Å². The molecule has 86 valence electrons. The van der Waals surface area contributed by atoms with E-state index < -0.39 is 12.0 Å². The normalized spacial score (nSPS) is 24.2. The smallest absolute Gasteiger partial charge is 0.321 e. The molecule has 0 aliphatic carbocycles. The summed E-state index contributed by atoms with van der Waals surface area (Å²) in [6, 6.07) is 7.79. The van der Waals surface area contributed by atoms with E-state index in [0.717, 1.165) is 5.56 Å². The minimum absolute atomic E-state index is 0.144. The van der Waals surface area contributed by atoms with E-state index >= 15 is 0 Å². The first kappa shape index (κ1) is 11.1. The Labute approximate surface area is 95.5 Å². The highest BCUT2D eigenvalue weighted by Gasteiger charge is 2.31. The first-order valence-electron chi connectivity index (χ1n) is 5.66. The van der Waals surface area contributed by atoms with E-state index in [2.05, 4.69) is 25.2 Å². The van der Waals surface area contributed by atoms with Crippen molar-refractivity contribution in [3.05, 3.63) is 35.4 Å². The highest BCUT2D eigenvalue weighted by molar-refractivity contribution is 5.74. The zero-order valence-electron chi connectivity index (χ0n) is 9.60. The summed E-state index contributed by atoms with van der Waals surface area (Å²) < 4.78 is 0. The Bertz CT molecular complexity index is 401. The maximum absolute atomic E-state index is 11.1. The molecule has 1 heterocycles. The molecule has 2 atom stereocenters. The molecule has 0 radical (unpaired) electrons. The number of nitrogens with one attached hydrogen (secondary N) is 1. The largest absolute Gasteiger partial charge is 0.480 e. The maximum atomic E-state index is 11.1. The van der Waals surface area contributed by atoms with Gasteiger partial charge in [0, 0.05) is 6.04 Å². The van der Waals surface area contributed by atoms with Crippen molar-refractivity contribution in [2.75, 3.05) is 0 Å². The number of carboxylic acid groups (broad SMARTS) is 1. The van der Waals surface area contributed by atoms with Gasteiger partial charge in [0.2, 0.25) is 0 Å². The van der Waals surface area contributed by atoms with Crippen LogP contribution in [-0.4, -0.2) is 17.1 Å². The van der Waals surface area contributed by atoms with Crippen LogP contribution in [0, 0.1) is 5.92 Å². The Kier molecular flexibility index (Phi) is 2.97. The number of carbonyl (C=O) groups is 1. The van der Waals surface area contributed by atoms with Gasteiger partial charge in [0.15, 0.2) is 0 Å². The second-order valence-electron chi connectivity index (χ2n) is 4.68. The van der Waals surface area contributed by atoms with E-state index in [-0.39, 0.29) is 6.04 Å². The van der Waals surface area contributed by atoms with Crippen LogP contribution in [-0.2, 0) is 11.2 Å². The summed E-state index contributed by atoms with van der Waals surface area (Å²) in [5.74, 6) is -0.372. The Morgan fingerprint density at radius 1 is 1.44 bits per heavy atom. The summed E-state index contributed by atoms with van der Waals surface area (Å²) in [5.41, 5.74) is 2.40. The molecule has 3 heteroatoms. The predicted molar refractivity (Wildman–Crippen MR) is 62.3 cm³/mol. The molecule has 0 amide bonds. The molecular formula is C13H17NO2. The van der Waals surface area contributed by atoms with Crippen LogP contribution in [0.2, 0.25) is 0 Å². The van der Waals surface area contributed by atoms with E-state index in [9.17, 15) is 4.79 Å². The third-order valence-corrected chi connectivity index (χ3v) is 3.16. The molecular weight excluding hydrogens is 202 g/mol. The van der Waals surface area contributed by atoms with Gasteiger partial charge in [0.25, 0.3) is 0 Å². The minimum atomic E-state index is -0.764. The summed E-state index contributed by atoms with van der Waals surface area (Å²) >= 11 is 0. The monoisotopic (exact) mass is 219 g/mol. The number of benzene rings is 1. The molecule has 1 aliphatic rings. The van der Waals surface area contributed by atoms with Crippen LogP contribution in [0.5, 0.6) is 0 Å². The van der Waals surface area contributed by atoms with Crippen LogP contribution in [0.4, 0.5) is 0 Å². The van der Waals surface area contributed by atoms with E-state index in [1.54, 1.807) is 0 Å². The van der Waals surface area contributed by atoms with Crippen molar-refractivity contribution in [3.63, 3.8) is 0 Å². The molecule has 0 aromatic heterocycles. The summed E-state index contributed by atoms with van der Waals surface area (Å²) in [7, 11) is 0. The average Bonchev–Trinajstić information content (AvgIpc) is 2.27. The number of hydrogen-bond donors (Lipinski definition) is 2. The SMILES string of the molecule is CC(C)C1NC(C(=O)O)Cc2ccccc21. The van der Waals surface area contributed by atoms with Crippen molar-refractivity contribution in [2.45, 2.75) is 32.4 Å². The van der Waals surface area contributed by atoms with Crippen LogP contribution in [0.1, 0.15) is 31.0 Å². The minimum Gasteiger partial charge on any atom is -0.480 e. The van der Waals surface area contributed by atoms with Crippen molar-refractivity contribution in [3.8, 4) is 0 Å². The van der Waals surface area contributed by atoms with Crippen molar-refractivity contribution in [2.24, 2.45) is 5.92 Å². The lowest BCUT2D eigenvalue weighted by Crippen LogP contribution is -2.46. The summed E-state index contributed by atoms with van der Waals surface area (Å²) in [4.78, 5) is 11.1. The van der Waals surface area contributed by atoms with Crippen LogP contribution >= 0.6 is 0 Å². The van der Waals surface area contributed by atoms with Crippen molar-refractivity contribution >= 4 is 5.97 Å². The van der Waals surface area contributed by atoms with Gasteiger partial charge in [-0.05, 0) is 23.5 Å². The first-order chi connectivity index (χ1) is 7.59. The summed E-state index contributed by atoms with van der Waals surface area (Å²) in [5, 5.41) is 12.3. The standard InChI is InChI=1S/C13H17NO2/c1-8(2)12-10-6-4-3-5-9(10)7-11(14-12)13(15)16/h3-6,8,11-12,14H,7H2,1-2H3,(H,15,16). The number of rotatable bonds is 2. The molecule has 3 nitrogen and oxygen atoms in total. The van der Waals surface area contributed by atoms with Crippen LogP contribution < -0.4 is 5.32 Å². The topological polar surface area (TPSA) is 49.3 Å². The highest BCUT2D eigenvalue weighted by atomic mass is 16.4. The molecule has 2 rings (SSSR count). The highest BCUT2D eigenvalue weighted by Crippen LogP contribution is 2.30. The lowest BCUT2D eigenvalue weighted by Gasteiger charge is -2.33. The zero-order valence-corrected chi connectivity index (χ0v) is 9.60. The lowest BCUT2D eigenvalue weighted by molar-refractivity contribution is -0.140. The molecule has 2 N–H and O–H groups in total. The van der Waals surface area contributed by atoms with Gasteiger partial charge in [-0.1, -0.05) is 38.1 Å². The van der Waals surface area contributed by atoms with Gasteiger partial charge in [-0.15, -0.1) is 0 Å². The second-order valence-corrected chi connectivity index (χ2v) is 4.68. The third kappa shape index (κ3) is 1.95. The number of aliphatic carboxylic acids is 1. The lowest BCUT2D eigenvalue weighted by atomic mass is 9.85. The maximum Gasteiger partial charge on any atom is 0.321 e. The Hall–Kier alpha value is -1.35. The molecule has 16 heavy (non-hydrogen) atoms. The van der Waals surface area contributed by atoms with Gasteiger partial charge < -0.3 is 5.11 Å².